The predicted molar refractivity (Wildman–Crippen MR) is 102 cm³/mol. The highest BCUT2D eigenvalue weighted by molar-refractivity contribution is 7.92. The van der Waals surface area contributed by atoms with Crippen LogP contribution in [0.25, 0.3) is 10.9 Å². The number of piperidine rings is 1. The van der Waals surface area contributed by atoms with Gasteiger partial charge in [-0.1, -0.05) is 24.3 Å². The number of rotatable bonds is 5. The summed E-state index contributed by atoms with van der Waals surface area (Å²) in [5, 5.41) is 4.03. The molecule has 0 saturated carbocycles. The van der Waals surface area contributed by atoms with Crippen molar-refractivity contribution in [1.82, 2.24) is 10.3 Å². The molecule has 1 aliphatic heterocycles. The molecule has 2 unspecified atom stereocenters. The van der Waals surface area contributed by atoms with Crippen LogP contribution in [0.3, 0.4) is 0 Å². The molecule has 5 nitrogen and oxygen atoms in total. The minimum Gasteiger partial charge on any atom is -0.491 e. The van der Waals surface area contributed by atoms with Crippen molar-refractivity contribution in [3.8, 4) is 5.75 Å². The molecule has 136 valence electrons. The third-order valence-corrected chi connectivity index (χ3v) is 7.19. The first-order valence-corrected chi connectivity index (χ1v) is 10.4. The molecule has 4 rings (SSSR count). The van der Waals surface area contributed by atoms with Gasteiger partial charge in [-0.2, -0.15) is 0 Å². The Morgan fingerprint density at radius 1 is 1.00 bits per heavy atom. The molecule has 2 N–H and O–H groups in total. The van der Waals surface area contributed by atoms with Gasteiger partial charge in [-0.3, -0.25) is 0 Å². The summed E-state index contributed by atoms with van der Waals surface area (Å²) in [6.07, 6.45) is 3.32. The lowest BCUT2D eigenvalue weighted by atomic mass is 10.1. The summed E-state index contributed by atoms with van der Waals surface area (Å²) in [5.41, 5.74) is 1.05. The monoisotopic (exact) mass is 370 g/mol. The van der Waals surface area contributed by atoms with Crippen LogP contribution in [0.1, 0.15) is 12.8 Å². The van der Waals surface area contributed by atoms with Crippen LogP contribution in [0.2, 0.25) is 0 Å². The molecule has 1 saturated heterocycles. The molecule has 1 aliphatic rings. The van der Waals surface area contributed by atoms with E-state index in [-0.39, 0.29) is 11.3 Å². The highest BCUT2D eigenvalue weighted by Gasteiger charge is 2.31. The molecule has 26 heavy (non-hydrogen) atoms. The van der Waals surface area contributed by atoms with Gasteiger partial charge in [-0.15, -0.1) is 0 Å². The molecule has 6 heteroatoms. The van der Waals surface area contributed by atoms with Crippen molar-refractivity contribution in [3.05, 3.63) is 60.8 Å². The summed E-state index contributed by atoms with van der Waals surface area (Å²) < 4.78 is 31.4. The SMILES string of the molecule is O=S(=O)(c1ccccc1)C1CCC(COc2cccc3[nH]ccc23)NC1. The average molecular weight is 370 g/mol. The molecule has 0 spiro atoms. The van der Waals surface area contributed by atoms with Gasteiger partial charge in [0.1, 0.15) is 12.4 Å². The highest BCUT2D eigenvalue weighted by atomic mass is 32.2. The Hall–Kier alpha value is -2.31. The van der Waals surface area contributed by atoms with Crippen LogP contribution in [-0.4, -0.2) is 37.8 Å². The summed E-state index contributed by atoms with van der Waals surface area (Å²) in [7, 11) is -3.28. The highest BCUT2D eigenvalue weighted by Crippen LogP contribution is 2.26. The number of sulfone groups is 1. The summed E-state index contributed by atoms with van der Waals surface area (Å²) >= 11 is 0. The summed E-state index contributed by atoms with van der Waals surface area (Å²) in [6, 6.07) is 16.8. The van der Waals surface area contributed by atoms with Crippen LogP contribution in [0.15, 0.2) is 65.7 Å². The van der Waals surface area contributed by atoms with Gasteiger partial charge in [0.2, 0.25) is 0 Å². The predicted octanol–water partition coefficient (Wildman–Crippen LogP) is 3.14. The minimum absolute atomic E-state index is 0.159. The number of hydrogen-bond acceptors (Lipinski definition) is 4. The van der Waals surface area contributed by atoms with E-state index >= 15 is 0 Å². The third-order valence-electron chi connectivity index (χ3n) is 4.98. The van der Waals surface area contributed by atoms with Crippen LogP contribution in [0.4, 0.5) is 0 Å². The molecular formula is C20H22N2O3S. The van der Waals surface area contributed by atoms with E-state index in [9.17, 15) is 8.42 Å². The van der Waals surface area contributed by atoms with E-state index in [1.807, 2.05) is 36.5 Å². The van der Waals surface area contributed by atoms with E-state index in [0.29, 0.717) is 24.5 Å². The molecule has 2 aromatic carbocycles. The fourth-order valence-electron chi connectivity index (χ4n) is 3.47. The van der Waals surface area contributed by atoms with Crippen molar-refractivity contribution >= 4 is 20.7 Å². The van der Waals surface area contributed by atoms with Crippen molar-refractivity contribution in [2.75, 3.05) is 13.2 Å². The molecule has 0 radical (unpaired) electrons. The number of aromatic amines is 1. The lowest BCUT2D eigenvalue weighted by Crippen LogP contribution is -2.47. The molecular weight excluding hydrogens is 348 g/mol. The Labute approximate surface area is 153 Å². The van der Waals surface area contributed by atoms with Gasteiger partial charge in [-0.05, 0) is 43.2 Å². The van der Waals surface area contributed by atoms with E-state index in [2.05, 4.69) is 10.3 Å². The molecule has 3 aromatic rings. The third kappa shape index (κ3) is 3.34. The van der Waals surface area contributed by atoms with Crippen molar-refractivity contribution in [3.63, 3.8) is 0 Å². The van der Waals surface area contributed by atoms with Crippen molar-refractivity contribution < 1.29 is 13.2 Å². The summed E-state index contributed by atoms with van der Waals surface area (Å²) in [4.78, 5) is 3.58. The molecule has 0 bridgehead atoms. The topological polar surface area (TPSA) is 71.2 Å². The Kier molecular flexibility index (Phi) is 4.70. The fraction of sp³-hybridized carbons (Fsp3) is 0.300. The van der Waals surface area contributed by atoms with Gasteiger partial charge in [0.05, 0.1) is 10.1 Å². The number of ether oxygens (including phenoxy) is 1. The number of H-pyrrole nitrogens is 1. The molecule has 2 atom stereocenters. The Bertz CT molecular complexity index is 974. The summed E-state index contributed by atoms with van der Waals surface area (Å²) in [6.45, 7) is 0.988. The number of fused-ring (bicyclic) bond motifs is 1. The van der Waals surface area contributed by atoms with Crippen LogP contribution < -0.4 is 10.1 Å². The Morgan fingerprint density at radius 2 is 1.85 bits per heavy atom. The van der Waals surface area contributed by atoms with Crippen molar-refractivity contribution in [2.45, 2.75) is 29.0 Å². The maximum Gasteiger partial charge on any atom is 0.182 e. The first-order chi connectivity index (χ1) is 12.6. The molecule has 0 aliphatic carbocycles. The zero-order chi connectivity index (χ0) is 18.0. The average Bonchev–Trinajstić information content (AvgIpc) is 3.17. The van der Waals surface area contributed by atoms with E-state index < -0.39 is 9.84 Å². The van der Waals surface area contributed by atoms with Gasteiger partial charge >= 0.3 is 0 Å². The van der Waals surface area contributed by atoms with Gasteiger partial charge in [0, 0.05) is 29.7 Å². The fourth-order valence-corrected chi connectivity index (χ4v) is 5.16. The maximum absolute atomic E-state index is 12.7. The van der Waals surface area contributed by atoms with Crippen LogP contribution in [0, 0.1) is 0 Å². The standard InChI is InChI=1S/C20H22N2O3S/c23-26(24,16-5-2-1-3-6-16)17-10-9-15(22-13-17)14-25-20-8-4-7-19-18(20)11-12-21-19/h1-8,11-12,15,17,21-22H,9-10,13-14H2. The quantitative estimate of drug-likeness (QED) is 0.724. The first-order valence-electron chi connectivity index (χ1n) is 8.86. The Morgan fingerprint density at radius 3 is 2.62 bits per heavy atom. The zero-order valence-electron chi connectivity index (χ0n) is 14.4. The number of benzene rings is 2. The second kappa shape index (κ2) is 7.13. The van der Waals surface area contributed by atoms with E-state index in [1.165, 1.54) is 0 Å². The second-order valence-electron chi connectivity index (χ2n) is 6.67. The summed E-state index contributed by atoms with van der Waals surface area (Å²) in [5.74, 6) is 0.851. The van der Waals surface area contributed by atoms with Crippen molar-refractivity contribution in [1.29, 1.82) is 0 Å². The lowest BCUT2D eigenvalue weighted by Gasteiger charge is -2.29. The van der Waals surface area contributed by atoms with Crippen LogP contribution in [0.5, 0.6) is 5.75 Å². The van der Waals surface area contributed by atoms with Gasteiger partial charge in [0.25, 0.3) is 0 Å². The molecule has 2 heterocycles. The molecule has 1 aromatic heterocycles. The lowest BCUT2D eigenvalue weighted by molar-refractivity contribution is 0.241. The normalized spacial score (nSPS) is 20.9. The Balaban J connectivity index is 1.36. The zero-order valence-corrected chi connectivity index (χ0v) is 15.2. The number of hydrogen-bond donors (Lipinski definition) is 2. The van der Waals surface area contributed by atoms with E-state index in [0.717, 1.165) is 23.1 Å². The van der Waals surface area contributed by atoms with Crippen LogP contribution >= 0.6 is 0 Å². The molecule has 0 amide bonds. The van der Waals surface area contributed by atoms with E-state index in [4.69, 9.17) is 4.74 Å². The molecule has 1 fully saturated rings. The smallest absolute Gasteiger partial charge is 0.182 e. The van der Waals surface area contributed by atoms with Crippen molar-refractivity contribution in [2.24, 2.45) is 0 Å². The second-order valence-corrected chi connectivity index (χ2v) is 8.90. The van der Waals surface area contributed by atoms with Gasteiger partial charge in [0.15, 0.2) is 9.84 Å². The first kappa shape index (κ1) is 17.1. The van der Waals surface area contributed by atoms with Gasteiger partial charge in [-0.25, -0.2) is 8.42 Å². The van der Waals surface area contributed by atoms with Gasteiger partial charge < -0.3 is 15.0 Å². The van der Waals surface area contributed by atoms with Crippen LogP contribution in [-0.2, 0) is 9.84 Å². The number of aromatic nitrogens is 1. The largest absolute Gasteiger partial charge is 0.491 e. The number of nitrogens with one attached hydrogen (secondary N) is 2. The van der Waals surface area contributed by atoms with E-state index in [1.54, 1.807) is 24.3 Å². The maximum atomic E-state index is 12.7. The minimum atomic E-state index is -3.28.